The third kappa shape index (κ3) is 9.97. The van der Waals surface area contributed by atoms with E-state index >= 15 is 0 Å². The molecule has 0 N–H and O–H groups in total. The van der Waals surface area contributed by atoms with Gasteiger partial charge in [-0.25, -0.2) is 29.9 Å². The van der Waals surface area contributed by atoms with E-state index in [1.807, 2.05) is 36.4 Å². The van der Waals surface area contributed by atoms with Crippen LogP contribution in [0.25, 0.3) is 135 Å². The molecule has 0 spiro atoms. The van der Waals surface area contributed by atoms with Crippen molar-refractivity contribution >= 4 is 0 Å². The summed E-state index contributed by atoms with van der Waals surface area (Å²) in [5, 5.41) is 0. The van der Waals surface area contributed by atoms with Gasteiger partial charge in [0.2, 0.25) is 0 Å². The smallest absolute Gasteiger partial charge is 0.164 e. The van der Waals surface area contributed by atoms with Crippen LogP contribution in [0.4, 0.5) is 0 Å². The molecule has 6 nitrogen and oxygen atoms in total. The van der Waals surface area contributed by atoms with Gasteiger partial charge in [0.15, 0.2) is 34.9 Å². The van der Waals surface area contributed by atoms with Gasteiger partial charge in [0, 0.05) is 45.2 Å². The molecular weight excluding hydrogens is 1120 g/mol. The molecule has 2 bridgehead atoms. The lowest BCUT2D eigenvalue weighted by molar-refractivity contribution is 0.755. The predicted molar refractivity (Wildman–Crippen MR) is 373 cm³/mol. The Morgan fingerprint density at radius 3 is 0.630 bits per heavy atom. The van der Waals surface area contributed by atoms with Crippen molar-refractivity contribution in [3.63, 3.8) is 0 Å². The number of nitrogens with zero attached hydrogens (tertiary/aromatic N) is 6. The lowest BCUT2D eigenvalue weighted by Crippen LogP contribution is -2.27. The van der Waals surface area contributed by atoms with E-state index in [2.05, 4.69) is 291 Å². The molecule has 2 atom stereocenters. The molecule has 0 radical (unpaired) electrons. The molecule has 0 saturated carbocycles. The highest BCUT2D eigenvalue weighted by molar-refractivity contribution is 5.86. The van der Waals surface area contributed by atoms with Crippen LogP contribution in [0.15, 0.2) is 328 Å². The average molecular weight is 1170 g/mol. The van der Waals surface area contributed by atoms with E-state index in [1.165, 1.54) is 77.9 Å². The number of hydrogen-bond donors (Lipinski definition) is 0. The fraction of sp³-hybridized carbons (Fsp3) is 0.0233. The molecule has 0 aliphatic heterocycles. The Labute approximate surface area is 534 Å². The monoisotopic (exact) mass is 1170 g/mol. The summed E-state index contributed by atoms with van der Waals surface area (Å²) in [7, 11) is 0. The number of rotatable bonds is 12. The van der Waals surface area contributed by atoms with Crippen LogP contribution in [-0.4, -0.2) is 29.9 Å². The maximum atomic E-state index is 5.15. The van der Waals surface area contributed by atoms with E-state index in [9.17, 15) is 0 Å². The molecule has 2 heterocycles. The van der Waals surface area contributed by atoms with Crippen LogP contribution in [0.3, 0.4) is 0 Å². The Hall–Kier alpha value is -12.1. The van der Waals surface area contributed by atoms with Gasteiger partial charge in [-0.1, -0.05) is 315 Å². The van der Waals surface area contributed by atoms with Gasteiger partial charge in [0.1, 0.15) is 0 Å². The van der Waals surface area contributed by atoms with Crippen molar-refractivity contribution in [1.82, 2.24) is 29.9 Å². The van der Waals surface area contributed by atoms with Crippen LogP contribution in [0, 0.1) is 0 Å². The van der Waals surface area contributed by atoms with Crippen molar-refractivity contribution in [3.05, 3.63) is 361 Å². The van der Waals surface area contributed by atoms with Crippen molar-refractivity contribution in [2.45, 2.75) is 11.8 Å². The molecule has 2 aromatic heterocycles. The van der Waals surface area contributed by atoms with E-state index in [0.29, 0.717) is 34.9 Å². The maximum absolute atomic E-state index is 5.15. The molecule has 2 unspecified atom stereocenters. The van der Waals surface area contributed by atoms with Crippen molar-refractivity contribution in [2.24, 2.45) is 0 Å². The Kier molecular flexibility index (Phi) is 13.6. The summed E-state index contributed by atoms with van der Waals surface area (Å²) in [5.41, 5.74) is 27.7. The van der Waals surface area contributed by atoms with Gasteiger partial charge in [-0.15, -0.1) is 0 Å². The number of aromatic nitrogens is 6. The highest BCUT2D eigenvalue weighted by atomic mass is 15.0. The van der Waals surface area contributed by atoms with Gasteiger partial charge in [-0.3, -0.25) is 0 Å². The summed E-state index contributed by atoms with van der Waals surface area (Å²) in [4.78, 5) is 30.6. The number of hydrogen-bond acceptors (Lipinski definition) is 6. The highest BCUT2D eigenvalue weighted by Gasteiger charge is 2.41. The van der Waals surface area contributed by atoms with E-state index in [4.69, 9.17) is 29.9 Å². The van der Waals surface area contributed by atoms with Gasteiger partial charge in [0.25, 0.3) is 0 Å². The second-order valence-corrected chi connectivity index (χ2v) is 23.7. The molecule has 13 aromatic carbocycles. The van der Waals surface area contributed by atoms with E-state index in [1.54, 1.807) is 0 Å². The molecule has 6 heteroatoms. The Morgan fingerprint density at radius 1 is 0.141 bits per heavy atom. The van der Waals surface area contributed by atoms with Gasteiger partial charge in [0.05, 0.1) is 0 Å². The van der Waals surface area contributed by atoms with Crippen LogP contribution in [0.1, 0.15) is 45.2 Å². The van der Waals surface area contributed by atoms with Gasteiger partial charge < -0.3 is 0 Å². The fourth-order valence-corrected chi connectivity index (χ4v) is 13.7. The Bertz CT molecular complexity index is 4900. The van der Waals surface area contributed by atoms with Crippen molar-refractivity contribution in [2.75, 3.05) is 0 Å². The topological polar surface area (TPSA) is 77.3 Å². The first-order valence-electron chi connectivity index (χ1n) is 31.3. The van der Waals surface area contributed by atoms with Crippen LogP contribution in [-0.2, 0) is 0 Å². The molecule has 0 fully saturated rings. The maximum Gasteiger partial charge on any atom is 0.164 e. The highest BCUT2D eigenvalue weighted by Crippen LogP contribution is 2.57. The number of benzene rings is 13. The minimum absolute atomic E-state index is 0.0997. The second-order valence-electron chi connectivity index (χ2n) is 23.7. The Morgan fingerprint density at radius 2 is 0.337 bits per heavy atom. The third-order valence-corrected chi connectivity index (χ3v) is 18.3. The van der Waals surface area contributed by atoms with E-state index in [-0.39, 0.29) is 11.8 Å². The zero-order valence-corrected chi connectivity index (χ0v) is 50.0. The van der Waals surface area contributed by atoms with Gasteiger partial charge >= 0.3 is 0 Å². The van der Waals surface area contributed by atoms with Crippen LogP contribution >= 0.6 is 0 Å². The van der Waals surface area contributed by atoms with Crippen LogP contribution in [0.2, 0.25) is 0 Å². The summed E-state index contributed by atoms with van der Waals surface area (Å²) >= 11 is 0. The molecule has 3 aliphatic rings. The van der Waals surface area contributed by atoms with Crippen molar-refractivity contribution < 1.29 is 0 Å². The quantitative estimate of drug-likeness (QED) is 0.121. The van der Waals surface area contributed by atoms with Crippen molar-refractivity contribution in [1.29, 1.82) is 0 Å². The molecule has 15 aromatic rings. The van der Waals surface area contributed by atoms with Crippen LogP contribution in [0.5, 0.6) is 0 Å². The summed E-state index contributed by atoms with van der Waals surface area (Å²) in [6, 6.07) is 116. The molecule has 430 valence electrons. The normalized spacial score (nSPS) is 13.4. The minimum atomic E-state index is 0.0997. The van der Waals surface area contributed by atoms with E-state index < -0.39 is 0 Å². The molecule has 3 aliphatic carbocycles. The van der Waals surface area contributed by atoms with E-state index in [0.717, 1.165) is 55.6 Å². The first-order chi connectivity index (χ1) is 45.6. The first-order valence-corrected chi connectivity index (χ1v) is 31.3. The lowest BCUT2D eigenvalue weighted by atomic mass is 9.60. The SMILES string of the molecule is c1ccc(-c2nc(-c3ccc(-c4ccc5c(c4)C4c6ccccc6C5c5cc(-c6ccc(-c7nc(-c8ccccc8)nc(-c8ccc(-c9ccccc9-c9ccccc9)cc8)n7)cc6)ccc54)cc3)nc(-c3ccc(-c4ccccc4-c4ccccc4)cc3)n2)cc1. The van der Waals surface area contributed by atoms with Crippen molar-refractivity contribution in [3.8, 4) is 135 Å². The molecule has 18 rings (SSSR count). The first kappa shape index (κ1) is 54.1. The summed E-state index contributed by atoms with van der Waals surface area (Å²) < 4.78 is 0. The summed E-state index contributed by atoms with van der Waals surface area (Å²) in [5.74, 6) is 3.96. The zero-order chi connectivity index (χ0) is 60.9. The zero-order valence-electron chi connectivity index (χ0n) is 50.0. The molecule has 0 saturated heterocycles. The molecular formula is C86H56N6. The summed E-state index contributed by atoms with van der Waals surface area (Å²) in [6.07, 6.45) is 0. The summed E-state index contributed by atoms with van der Waals surface area (Å²) in [6.45, 7) is 0. The standard InChI is InChI=1S/C86H56N6/c1-5-19-57(20-6-1)69-27-13-15-29-71(69)59-37-45-65(46-38-59)85-89-81(61-23-9-3-10-24-61)87-83(91-85)63-41-33-55(34-42-63)67-49-51-75-77(53-67)79-73-31-17-18-32-74(73)80(75)78-54-68(50-52-76(78)79)56-35-43-64(44-36-56)84-88-82(62-25-11-4-12-26-62)90-86(92-84)66-47-39-60(40-48-66)72-30-16-14-28-70(72)58-21-7-2-8-22-58/h1-54,79-80H. The lowest BCUT2D eigenvalue weighted by Gasteiger charge is -2.42. The third-order valence-electron chi connectivity index (χ3n) is 18.3. The fourth-order valence-electron chi connectivity index (χ4n) is 13.7. The van der Waals surface area contributed by atoms with Gasteiger partial charge in [-0.2, -0.15) is 0 Å². The average Bonchev–Trinajstić information content (AvgIpc) is 0.702. The van der Waals surface area contributed by atoms with Crippen LogP contribution < -0.4 is 0 Å². The predicted octanol–water partition coefficient (Wildman–Crippen LogP) is 21.0. The molecule has 92 heavy (non-hydrogen) atoms. The van der Waals surface area contributed by atoms with Gasteiger partial charge in [-0.05, 0) is 112 Å². The molecule has 0 amide bonds. The second kappa shape index (κ2) is 23.1. The Balaban J connectivity index is 0.656. The largest absolute Gasteiger partial charge is 0.208 e. The minimum Gasteiger partial charge on any atom is -0.208 e.